The summed E-state index contributed by atoms with van der Waals surface area (Å²) in [6.45, 7) is 7.46. The van der Waals surface area contributed by atoms with E-state index in [-0.39, 0.29) is 47.3 Å². The number of aryl methyl sites for hydroxylation is 1. The SMILES string of the molecule is COc1ccc(CC(=O)N(CCc2cccs2)CC2(O)CCC3C45C=CC6(C=C4C(=O)c4ccc(C)s4)CC(O)CCC6(C)C5CCC32C)cc1OC. The van der Waals surface area contributed by atoms with Gasteiger partial charge in [-0.3, -0.25) is 9.59 Å². The second-order valence-corrected chi connectivity index (χ2v) is 19.4. The lowest BCUT2D eigenvalue weighted by molar-refractivity contribution is -0.178. The van der Waals surface area contributed by atoms with E-state index >= 15 is 0 Å². The molecule has 3 fully saturated rings. The highest BCUT2D eigenvalue weighted by Gasteiger charge is 2.74. The number of aliphatic hydroxyl groups excluding tert-OH is 1. The first-order valence-corrected chi connectivity index (χ1v) is 21.0. The predicted molar refractivity (Wildman–Crippen MR) is 210 cm³/mol. The Morgan fingerprint density at radius 2 is 1.70 bits per heavy atom. The van der Waals surface area contributed by atoms with Gasteiger partial charge in [-0.2, -0.15) is 0 Å². The normalized spacial score (nSPS) is 35.2. The van der Waals surface area contributed by atoms with Crippen LogP contribution in [0, 0.1) is 40.4 Å². The fraction of sp³-hybridized carbons (Fsp3) is 0.545. The number of methoxy groups -OCH3 is 2. The van der Waals surface area contributed by atoms with Crippen LogP contribution in [-0.2, 0) is 17.6 Å². The number of allylic oxidation sites excluding steroid dienone is 4. The number of amides is 1. The maximum Gasteiger partial charge on any atom is 0.227 e. The van der Waals surface area contributed by atoms with Gasteiger partial charge in [-0.1, -0.05) is 44.2 Å². The molecular formula is C44H53NO6S2. The van der Waals surface area contributed by atoms with Gasteiger partial charge in [0.05, 0.1) is 37.2 Å². The molecule has 8 unspecified atom stereocenters. The van der Waals surface area contributed by atoms with Gasteiger partial charge in [-0.15, -0.1) is 22.7 Å². The highest BCUT2D eigenvalue weighted by Crippen LogP contribution is 2.78. The van der Waals surface area contributed by atoms with E-state index < -0.39 is 22.5 Å². The molecule has 53 heavy (non-hydrogen) atoms. The summed E-state index contributed by atoms with van der Waals surface area (Å²) in [5.74, 6) is 1.51. The quantitative estimate of drug-likeness (QED) is 0.151. The second kappa shape index (κ2) is 13.2. The molecule has 1 amide bonds. The zero-order valence-corrected chi connectivity index (χ0v) is 33.3. The van der Waals surface area contributed by atoms with Crippen molar-refractivity contribution in [2.45, 2.75) is 90.3 Å². The first kappa shape index (κ1) is 36.7. The molecule has 0 radical (unpaired) electrons. The van der Waals surface area contributed by atoms with Crippen molar-refractivity contribution in [3.05, 3.63) is 91.8 Å². The van der Waals surface area contributed by atoms with Crippen molar-refractivity contribution >= 4 is 34.4 Å². The number of ketones is 1. The number of aliphatic hydroxyl groups is 2. The highest BCUT2D eigenvalue weighted by atomic mass is 32.1. The van der Waals surface area contributed by atoms with E-state index in [0.29, 0.717) is 37.3 Å². The lowest BCUT2D eigenvalue weighted by Gasteiger charge is -2.71. The third kappa shape index (κ3) is 5.54. The number of hydrogen-bond acceptors (Lipinski definition) is 8. The van der Waals surface area contributed by atoms with E-state index in [1.165, 1.54) is 4.88 Å². The topological polar surface area (TPSA) is 96.3 Å². The Hall–Kier alpha value is -3.24. The van der Waals surface area contributed by atoms with E-state index in [2.05, 4.69) is 43.5 Å². The molecule has 6 aliphatic rings. The number of ether oxygens (including phenoxy) is 2. The number of fused-ring (bicyclic) bond motifs is 1. The van der Waals surface area contributed by atoms with Gasteiger partial charge < -0.3 is 24.6 Å². The molecule has 2 bridgehead atoms. The summed E-state index contributed by atoms with van der Waals surface area (Å²) in [4.78, 5) is 34.1. The Bertz CT molecular complexity index is 1970. The first-order chi connectivity index (χ1) is 25.3. The minimum atomic E-state index is -1.14. The van der Waals surface area contributed by atoms with Crippen LogP contribution >= 0.6 is 22.7 Å². The maximum atomic E-state index is 14.8. The zero-order chi connectivity index (χ0) is 37.4. The average Bonchev–Trinajstić information content (AvgIpc) is 3.89. The Labute approximate surface area is 321 Å². The molecule has 2 heterocycles. The van der Waals surface area contributed by atoms with Crippen molar-refractivity contribution in [2.75, 3.05) is 27.3 Å². The molecule has 7 nitrogen and oxygen atoms in total. The summed E-state index contributed by atoms with van der Waals surface area (Å²) in [7, 11) is 3.20. The third-order valence-corrected chi connectivity index (χ3v) is 16.7. The van der Waals surface area contributed by atoms with E-state index in [0.717, 1.165) is 53.0 Å². The number of carbonyl (C=O) groups excluding carboxylic acids is 2. The van der Waals surface area contributed by atoms with Crippen molar-refractivity contribution in [2.24, 2.45) is 33.5 Å². The van der Waals surface area contributed by atoms with Gasteiger partial charge in [-0.25, -0.2) is 0 Å². The molecule has 3 aromatic rings. The summed E-state index contributed by atoms with van der Waals surface area (Å²) < 4.78 is 11.0. The monoisotopic (exact) mass is 755 g/mol. The largest absolute Gasteiger partial charge is 0.493 e. The van der Waals surface area contributed by atoms with Gasteiger partial charge >= 0.3 is 0 Å². The summed E-state index contributed by atoms with van der Waals surface area (Å²) in [6, 6.07) is 13.7. The smallest absolute Gasteiger partial charge is 0.227 e. The van der Waals surface area contributed by atoms with Gasteiger partial charge in [0.1, 0.15) is 0 Å². The Morgan fingerprint density at radius 3 is 2.42 bits per heavy atom. The van der Waals surface area contributed by atoms with Crippen LogP contribution in [0.2, 0.25) is 0 Å². The lowest BCUT2D eigenvalue weighted by atomic mass is 9.32. The molecule has 2 aromatic heterocycles. The van der Waals surface area contributed by atoms with Crippen LogP contribution < -0.4 is 9.47 Å². The minimum Gasteiger partial charge on any atom is -0.493 e. The van der Waals surface area contributed by atoms with Gasteiger partial charge in [0.15, 0.2) is 17.3 Å². The van der Waals surface area contributed by atoms with Crippen LogP contribution in [0.3, 0.4) is 0 Å². The summed E-state index contributed by atoms with van der Waals surface area (Å²) in [5.41, 5.74) is -0.972. The number of rotatable bonds is 11. The van der Waals surface area contributed by atoms with E-state index in [9.17, 15) is 19.8 Å². The lowest BCUT2D eigenvalue weighted by Crippen LogP contribution is -2.67. The van der Waals surface area contributed by atoms with Crippen molar-refractivity contribution in [3.63, 3.8) is 0 Å². The molecule has 9 rings (SSSR count). The van der Waals surface area contributed by atoms with Crippen LogP contribution in [0.15, 0.2) is 71.6 Å². The number of benzene rings is 1. The van der Waals surface area contributed by atoms with Gasteiger partial charge in [-0.05, 0) is 117 Å². The van der Waals surface area contributed by atoms with Crippen LogP contribution in [-0.4, -0.2) is 65.8 Å². The average molecular weight is 756 g/mol. The van der Waals surface area contributed by atoms with E-state index in [1.807, 2.05) is 48.2 Å². The molecule has 282 valence electrons. The second-order valence-electron chi connectivity index (χ2n) is 17.1. The number of carbonyl (C=O) groups is 2. The summed E-state index contributed by atoms with van der Waals surface area (Å²) in [5, 5.41) is 26.2. The van der Waals surface area contributed by atoms with Crippen LogP contribution in [0.4, 0.5) is 0 Å². The number of Topliss-reactive ketones (excluding diaryl/α,β-unsaturated/α-hetero) is 1. The minimum absolute atomic E-state index is 0.0216. The molecule has 0 aliphatic heterocycles. The molecular weight excluding hydrogens is 703 g/mol. The Balaban J connectivity index is 1.15. The molecule has 0 saturated heterocycles. The number of nitrogens with zero attached hydrogens (tertiary/aromatic N) is 1. The van der Waals surface area contributed by atoms with Crippen molar-refractivity contribution in [3.8, 4) is 11.5 Å². The molecule has 1 aromatic carbocycles. The molecule has 8 atom stereocenters. The molecule has 9 heteroatoms. The molecule has 2 N–H and O–H groups in total. The number of thiophene rings is 2. The highest BCUT2D eigenvalue weighted by molar-refractivity contribution is 7.14. The summed E-state index contributed by atoms with van der Waals surface area (Å²) >= 11 is 3.24. The molecule has 3 saturated carbocycles. The molecule has 2 spiro atoms. The third-order valence-electron chi connectivity index (χ3n) is 14.7. The van der Waals surface area contributed by atoms with Gasteiger partial charge in [0, 0.05) is 44.7 Å². The van der Waals surface area contributed by atoms with Crippen LogP contribution in [0.5, 0.6) is 11.5 Å². The van der Waals surface area contributed by atoms with Crippen molar-refractivity contribution < 1.29 is 29.3 Å². The Kier molecular flexibility index (Phi) is 9.15. The van der Waals surface area contributed by atoms with Gasteiger partial charge in [0.2, 0.25) is 5.91 Å². The maximum absolute atomic E-state index is 14.8. The fourth-order valence-electron chi connectivity index (χ4n) is 11.9. The zero-order valence-electron chi connectivity index (χ0n) is 31.7. The van der Waals surface area contributed by atoms with E-state index in [1.54, 1.807) is 36.9 Å². The first-order valence-electron chi connectivity index (χ1n) is 19.3. The predicted octanol–water partition coefficient (Wildman–Crippen LogP) is 8.22. The van der Waals surface area contributed by atoms with E-state index in [4.69, 9.17) is 9.47 Å². The van der Waals surface area contributed by atoms with Gasteiger partial charge in [0.25, 0.3) is 0 Å². The Morgan fingerprint density at radius 1 is 0.943 bits per heavy atom. The van der Waals surface area contributed by atoms with Crippen molar-refractivity contribution in [1.29, 1.82) is 0 Å². The number of hydrogen-bond donors (Lipinski definition) is 2. The van der Waals surface area contributed by atoms with Crippen LogP contribution in [0.1, 0.15) is 83.8 Å². The summed E-state index contributed by atoms with van der Waals surface area (Å²) in [6.07, 6.45) is 12.9. The standard InChI is InChI=1S/C44H53NO6S2/c1-28-8-11-35(53-28)39(48)32-26-42-19-20-44(32)36(40(42,2)16-12-30(46)25-42)13-17-41(3)37(44)14-18-43(41,49)27-45(21-15-31-7-6-22-52-31)38(47)24-29-9-10-33(50-4)34(23-29)51-5/h6-11,19-20,22-23,26,30,36-37,46,49H,12-18,21,24-25,27H2,1-5H3. The van der Waals surface area contributed by atoms with Crippen LogP contribution in [0.25, 0.3) is 0 Å². The molecule has 6 aliphatic carbocycles. The van der Waals surface area contributed by atoms with Crippen molar-refractivity contribution in [1.82, 2.24) is 4.90 Å². The fourth-order valence-corrected chi connectivity index (χ4v) is 13.4.